The Kier molecular flexibility index (Phi) is 9.58. The largest absolute Gasteiger partial charge is 0.494 e. The zero-order chi connectivity index (χ0) is 24.8. The number of aromatic nitrogens is 3. The second-order valence-corrected chi connectivity index (χ2v) is 8.90. The van der Waals surface area contributed by atoms with Crippen LogP contribution < -0.4 is 19.1 Å². The van der Waals surface area contributed by atoms with Gasteiger partial charge in [0.2, 0.25) is 0 Å². The third-order valence-electron chi connectivity index (χ3n) is 5.35. The molecule has 0 spiro atoms. The van der Waals surface area contributed by atoms with Gasteiger partial charge in [-0.15, -0.1) is 12.4 Å². The summed E-state index contributed by atoms with van der Waals surface area (Å²) in [4.78, 5) is 23.8. The number of rotatable bonds is 10. The number of ether oxygens (including phenoxy) is 3. The van der Waals surface area contributed by atoms with Gasteiger partial charge in [0, 0.05) is 31.6 Å². The summed E-state index contributed by atoms with van der Waals surface area (Å²) in [5.41, 5.74) is 1.44. The lowest BCUT2D eigenvalue weighted by Crippen LogP contribution is -2.30. The van der Waals surface area contributed by atoms with Crippen LogP contribution in [0, 0.1) is 0 Å². The number of aryl methyl sites for hydroxylation is 1. The molecule has 11 heteroatoms. The van der Waals surface area contributed by atoms with E-state index in [2.05, 4.69) is 4.98 Å². The number of halogens is 2. The Morgan fingerprint density at radius 1 is 1.11 bits per heavy atom. The first-order valence-electron chi connectivity index (χ1n) is 10.8. The molecule has 0 unspecified atom stereocenters. The first-order valence-corrected chi connectivity index (χ1v) is 12.0. The van der Waals surface area contributed by atoms with E-state index in [4.69, 9.17) is 30.8 Å². The summed E-state index contributed by atoms with van der Waals surface area (Å²) in [6, 6.07) is 9.02. The lowest BCUT2D eigenvalue weighted by atomic mass is 10.2. The molecule has 36 heavy (non-hydrogen) atoms. The van der Waals surface area contributed by atoms with Gasteiger partial charge in [-0.05, 0) is 42.3 Å². The van der Waals surface area contributed by atoms with E-state index in [0.717, 1.165) is 16.8 Å². The van der Waals surface area contributed by atoms with Crippen LogP contribution in [0.4, 0.5) is 5.13 Å². The molecule has 0 aliphatic rings. The molecule has 0 saturated carbocycles. The first-order chi connectivity index (χ1) is 17.0. The molecule has 4 rings (SSSR count). The number of carbonyl (C=O) groups excluding carboxylic acids is 1. The standard InChI is InChI=1S/C25H25ClN4O4S.ClH/c1-32-19-8-5-17(15-21(19)34-3)6-10-22(31)30(13-4-12-29-14-11-27-16-29)25-28-23-20(33-2)9-7-18(26)24(23)35-25;/h5-11,14-16H,4,12-13H2,1-3H3;1H/b10-6+;. The highest BCUT2D eigenvalue weighted by atomic mass is 35.5. The zero-order valence-corrected chi connectivity index (χ0v) is 22.4. The van der Waals surface area contributed by atoms with Crippen molar-refractivity contribution < 1.29 is 19.0 Å². The van der Waals surface area contributed by atoms with E-state index < -0.39 is 0 Å². The Labute approximate surface area is 224 Å². The lowest BCUT2D eigenvalue weighted by Gasteiger charge is -2.18. The van der Waals surface area contributed by atoms with Crippen LogP contribution in [0.1, 0.15) is 12.0 Å². The van der Waals surface area contributed by atoms with E-state index in [1.54, 1.807) is 63.0 Å². The van der Waals surface area contributed by atoms with E-state index in [1.807, 2.05) is 22.9 Å². The predicted octanol–water partition coefficient (Wildman–Crippen LogP) is 5.73. The average molecular weight is 549 g/mol. The number of amides is 1. The van der Waals surface area contributed by atoms with Gasteiger partial charge in [0.1, 0.15) is 11.3 Å². The molecule has 0 aliphatic carbocycles. The molecule has 0 aliphatic heterocycles. The molecule has 0 bridgehead atoms. The van der Waals surface area contributed by atoms with Gasteiger partial charge in [-0.1, -0.05) is 29.0 Å². The minimum absolute atomic E-state index is 0. The highest BCUT2D eigenvalue weighted by Crippen LogP contribution is 2.39. The summed E-state index contributed by atoms with van der Waals surface area (Å²) >= 11 is 7.78. The third kappa shape index (κ3) is 6.10. The molecule has 0 atom stereocenters. The van der Waals surface area contributed by atoms with Crippen molar-refractivity contribution in [1.82, 2.24) is 14.5 Å². The number of benzene rings is 2. The van der Waals surface area contributed by atoms with Crippen LogP contribution in [0.5, 0.6) is 17.2 Å². The van der Waals surface area contributed by atoms with Gasteiger partial charge in [0.25, 0.3) is 5.91 Å². The third-order valence-corrected chi connectivity index (χ3v) is 6.89. The number of thiazole rings is 1. The maximum Gasteiger partial charge on any atom is 0.252 e. The van der Waals surface area contributed by atoms with Crippen LogP contribution in [0.2, 0.25) is 5.02 Å². The van der Waals surface area contributed by atoms with E-state index in [1.165, 1.54) is 17.4 Å². The van der Waals surface area contributed by atoms with Crippen molar-refractivity contribution in [3.05, 3.63) is 65.7 Å². The molecule has 4 aromatic rings. The number of fused-ring (bicyclic) bond motifs is 1. The highest BCUT2D eigenvalue weighted by Gasteiger charge is 2.20. The lowest BCUT2D eigenvalue weighted by molar-refractivity contribution is -0.114. The minimum Gasteiger partial charge on any atom is -0.494 e. The van der Waals surface area contributed by atoms with Gasteiger partial charge < -0.3 is 18.8 Å². The zero-order valence-electron chi connectivity index (χ0n) is 20.0. The Morgan fingerprint density at radius 3 is 2.56 bits per heavy atom. The Bertz CT molecular complexity index is 1340. The smallest absolute Gasteiger partial charge is 0.252 e. The average Bonchev–Trinajstić information content (AvgIpc) is 3.56. The van der Waals surface area contributed by atoms with Crippen LogP contribution in [0.15, 0.2) is 55.1 Å². The fraction of sp³-hybridized carbons (Fsp3) is 0.240. The van der Waals surface area contributed by atoms with E-state index in [0.29, 0.717) is 45.9 Å². The van der Waals surface area contributed by atoms with Crippen molar-refractivity contribution in [2.24, 2.45) is 0 Å². The monoisotopic (exact) mass is 548 g/mol. The van der Waals surface area contributed by atoms with Gasteiger partial charge in [-0.3, -0.25) is 9.69 Å². The molecule has 0 radical (unpaired) electrons. The number of anilines is 1. The normalized spacial score (nSPS) is 10.9. The van der Waals surface area contributed by atoms with Crippen LogP contribution in [-0.2, 0) is 11.3 Å². The molecule has 190 valence electrons. The number of nitrogens with zero attached hydrogens (tertiary/aromatic N) is 4. The van der Waals surface area contributed by atoms with Gasteiger partial charge in [0.15, 0.2) is 16.6 Å². The molecule has 1 amide bonds. The summed E-state index contributed by atoms with van der Waals surface area (Å²) in [7, 11) is 4.74. The van der Waals surface area contributed by atoms with Gasteiger partial charge in [-0.25, -0.2) is 9.97 Å². The number of imidazole rings is 1. The van der Waals surface area contributed by atoms with Gasteiger partial charge in [-0.2, -0.15) is 0 Å². The van der Waals surface area contributed by atoms with Crippen LogP contribution in [0.25, 0.3) is 16.3 Å². The second kappa shape index (κ2) is 12.6. The van der Waals surface area contributed by atoms with Gasteiger partial charge >= 0.3 is 0 Å². The van der Waals surface area contributed by atoms with E-state index in [-0.39, 0.29) is 18.3 Å². The predicted molar refractivity (Wildman–Crippen MR) is 146 cm³/mol. The number of hydrogen-bond acceptors (Lipinski definition) is 7. The maximum absolute atomic E-state index is 13.4. The maximum atomic E-state index is 13.4. The molecule has 2 heterocycles. The van der Waals surface area contributed by atoms with Crippen LogP contribution >= 0.6 is 35.3 Å². The molecule has 2 aromatic heterocycles. The van der Waals surface area contributed by atoms with Crippen molar-refractivity contribution >= 4 is 62.7 Å². The summed E-state index contributed by atoms with van der Waals surface area (Å²) in [6.07, 6.45) is 9.37. The number of hydrogen-bond donors (Lipinski definition) is 0. The molecule has 0 saturated heterocycles. The summed E-state index contributed by atoms with van der Waals surface area (Å²) in [6.45, 7) is 1.19. The minimum atomic E-state index is -0.195. The fourth-order valence-corrected chi connectivity index (χ4v) is 4.85. The molecule has 0 N–H and O–H groups in total. The highest BCUT2D eigenvalue weighted by molar-refractivity contribution is 7.23. The Balaban J connectivity index is 0.00000361. The second-order valence-electron chi connectivity index (χ2n) is 7.52. The summed E-state index contributed by atoms with van der Waals surface area (Å²) in [5, 5.41) is 1.12. The Morgan fingerprint density at radius 2 is 1.86 bits per heavy atom. The Hall–Kier alpha value is -3.27. The molecule has 8 nitrogen and oxygen atoms in total. The van der Waals surface area contributed by atoms with Crippen LogP contribution in [0.3, 0.4) is 0 Å². The van der Waals surface area contributed by atoms with E-state index >= 15 is 0 Å². The summed E-state index contributed by atoms with van der Waals surface area (Å²) in [5.74, 6) is 1.63. The first kappa shape index (κ1) is 27.3. The quantitative estimate of drug-likeness (QED) is 0.235. The SMILES string of the molecule is COc1ccc(/C=C/C(=O)N(CCCn2ccnc2)c2nc3c(OC)ccc(Cl)c3s2)cc1OC.Cl. The van der Waals surface area contributed by atoms with Crippen molar-refractivity contribution in [2.45, 2.75) is 13.0 Å². The number of carbonyl (C=O) groups is 1. The molecular weight excluding hydrogens is 523 g/mol. The number of methoxy groups -OCH3 is 3. The van der Waals surface area contributed by atoms with Crippen molar-refractivity contribution in [1.29, 1.82) is 0 Å². The van der Waals surface area contributed by atoms with Crippen molar-refractivity contribution in [2.75, 3.05) is 32.8 Å². The van der Waals surface area contributed by atoms with Crippen molar-refractivity contribution in [3.63, 3.8) is 0 Å². The van der Waals surface area contributed by atoms with Gasteiger partial charge in [0.05, 0.1) is 37.4 Å². The fourth-order valence-electron chi connectivity index (χ4n) is 3.57. The van der Waals surface area contributed by atoms with Crippen LogP contribution in [-0.4, -0.2) is 48.3 Å². The summed E-state index contributed by atoms with van der Waals surface area (Å²) < 4.78 is 18.8. The van der Waals surface area contributed by atoms with E-state index in [9.17, 15) is 4.79 Å². The topological polar surface area (TPSA) is 78.7 Å². The van der Waals surface area contributed by atoms with Crippen molar-refractivity contribution in [3.8, 4) is 17.2 Å². The molecule has 2 aromatic carbocycles. The molecular formula is C25H26Cl2N4O4S. The molecule has 0 fully saturated rings.